The van der Waals surface area contributed by atoms with Crippen molar-refractivity contribution in [2.45, 2.75) is 89.2 Å². The highest BCUT2D eigenvalue weighted by Gasteiger charge is 2.55. The second kappa shape index (κ2) is 6.57. The molecule has 2 N–H and O–H groups in total. The van der Waals surface area contributed by atoms with Gasteiger partial charge in [-0.15, -0.1) is 5.06 Å². The van der Waals surface area contributed by atoms with E-state index >= 15 is 0 Å². The third-order valence-electron chi connectivity index (χ3n) is 5.55. The van der Waals surface area contributed by atoms with Gasteiger partial charge in [-0.1, -0.05) is 32.1 Å². The van der Waals surface area contributed by atoms with Crippen LogP contribution in [-0.2, 0) is 9.57 Å². The lowest BCUT2D eigenvalue weighted by Gasteiger charge is -2.33. The van der Waals surface area contributed by atoms with Crippen LogP contribution in [-0.4, -0.2) is 45.4 Å². The fourth-order valence-corrected chi connectivity index (χ4v) is 4.26. The van der Waals surface area contributed by atoms with Gasteiger partial charge in [0, 0.05) is 0 Å². The first-order valence-corrected chi connectivity index (χ1v) is 8.94. The summed E-state index contributed by atoms with van der Waals surface area (Å²) < 4.78 is 6.07. The Kier molecular flexibility index (Phi) is 4.85. The number of carbonyl (C=O) groups is 1. The summed E-state index contributed by atoms with van der Waals surface area (Å²) in [5.41, 5.74) is -0.849. The fraction of sp³-hybridized carbons (Fsp3) is 0.941. The minimum atomic E-state index is -1.32. The Morgan fingerprint density at radius 3 is 2.48 bits per heavy atom. The van der Waals surface area contributed by atoms with Gasteiger partial charge in [-0.25, -0.2) is 4.79 Å². The molecule has 132 valence electrons. The number of carboxylic acid groups (broad SMARTS) is 1. The molecule has 3 rings (SSSR count). The van der Waals surface area contributed by atoms with Gasteiger partial charge in [-0.2, -0.15) is 0 Å². The Balaban J connectivity index is 1.77. The van der Waals surface area contributed by atoms with Crippen molar-refractivity contribution in [1.82, 2.24) is 5.06 Å². The van der Waals surface area contributed by atoms with Gasteiger partial charge in [0.05, 0.1) is 12.1 Å². The van der Waals surface area contributed by atoms with Gasteiger partial charge in [0.25, 0.3) is 0 Å². The van der Waals surface area contributed by atoms with Crippen molar-refractivity contribution in [3.05, 3.63) is 0 Å². The molecule has 6 nitrogen and oxygen atoms in total. The quantitative estimate of drug-likeness (QED) is 0.807. The summed E-state index contributed by atoms with van der Waals surface area (Å²) in [6, 6.07) is -0.209. The van der Waals surface area contributed by atoms with E-state index in [-0.39, 0.29) is 18.1 Å². The fourth-order valence-electron chi connectivity index (χ4n) is 4.26. The van der Waals surface area contributed by atoms with Crippen LogP contribution < -0.4 is 0 Å². The van der Waals surface area contributed by atoms with Gasteiger partial charge in [0.1, 0.15) is 11.8 Å². The second-order valence-electron chi connectivity index (χ2n) is 7.85. The average Bonchev–Trinajstić information content (AvgIpc) is 3.30. The lowest BCUT2D eigenvalue weighted by Crippen LogP contribution is -2.47. The van der Waals surface area contributed by atoms with E-state index in [1.54, 1.807) is 0 Å². The van der Waals surface area contributed by atoms with Crippen LogP contribution in [0, 0.1) is 11.8 Å². The van der Waals surface area contributed by atoms with Crippen molar-refractivity contribution < 1.29 is 24.6 Å². The molecule has 3 fully saturated rings. The third kappa shape index (κ3) is 3.80. The van der Waals surface area contributed by atoms with E-state index in [0.717, 1.165) is 19.3 Å². The van der Waals surface area contributed by atoms with E-state index in [1.165, 1.54) is 37.2 Å². The smallest absolute Gasteiger partial charge is 0.448 e. The van der Waals surface area contributed by atoms with Crippen LogP contribution in [0.2, 0.25) is 0 Å². The first-order valence-electron chi connectivity index (χ1n) is 8.94. The average molecular weight is 327 g/mol. The molecular weight excluding hydrogens is 298 g/mol. The molecule has 1 saturated heterocycles. The molecule has 0 aromatic rings. The Bertz CT molecular complexity index is 431. The van der Waals surface area contributed by atoms with E-state index < -0.39 is 18.0 Å². The molecule has 1 heterocycles. The zero-order chi connectivity index (χ0) is 16.6. The van der Waals surface area contributed by atoms with Gasteiger partial charge < -0.3 is 19.8 Å². The number of nitrogens with zero attached hydrogens (tertiary/aromatic N) is 1. The van der Waals surface area contributed by atoms with Gasteiger partial charge in [0.15, 0.2) is 0 Å². The molecular formula is C17H29NO5. The minimum absolute atomic E-state index is 0.209. The van der Waals surface area contributed by atoms with Crippen LogP contribution in [0.1, 0.15) is 65.2 Å². The third-order valence-corrected chi connectivity index (χ3v) is 5.55. The molecule has 0 amide bonds. The number of aliphatic hydroxyl groups excluding tert-OH is 1. The molecule has 23 heavy (non-hydrogen) atoms. The van der Waals surface area contributed by atoms with Crippen molar-refractivity contribution in [2.24, 2.45) is 11.8 Å². The molecule has 0 aromatic heterocycles. The number of hydrogen-bond acceptors (Lipinski definition) is 5. The summed E-state index contributed by atoms with van der Waals surface area (Å²) >= 11 is 0. The van der Waals surface area contributed by atoms with Crippen molar-refractivity contribution in [3.8, 4) is 0 Å². The van der Waals surface area contributed by atoms with Gasteiger partial charge in [-0.05, 0) is 44.9 Å². The molecule has 0 spiro atoms. The molecule has 3 aliphatic rings. The highest BCUT2D eigenvalue weighted by molar-refractivity contribution is 5.56. The van der Waals surface area contributed by atoms with E-state index in [1.807, 2.05) is 13.8 Å². The SMILES string of the molecule is CC1(C)O[C@@H]([C@H](O)C2CC2)[C@H](CC2CCCCC2)N1OC(=O)O. The van der Waals surface area contributed by atoms with Crippen LogP contribution in [0.15, 0.2) is 0 Å². The van der Waals surface area contributed by atoms with E-state index in [2.05, 4.69) is 0 Å². The van der Waals surface area contributed by atoms with Crippen molar-refractivity contribution in [3.63, 3.8) is 0 Å². The Labute approximate surface area is 137 Å². The molecule has 2 aliphatic carbocycles. The summed E-state index contributed by atoms with van der Waals surface area (Å²) in [7, 11) is 0. The largest absolute Gasteiger partial charge is 0.525 e. The van der Waals surface area contributed by atoms with E-state index in [9.17, 15) is 9.90 Å². The van der Waals surface area contributed by atoms with Crippen LogP contribution in [0.3, 0.4) is 0 Å². The maximum Gasteiger partial charge on any atom is 0.525 e. The molecule has 0 aromatic carbocycles. The van der Waals surface area contributed by atoms with Crippen LogP contribution in [0.25, 0.3) is 0 Å². The number of ether oxygens (including phenoxy) is 1. The van der Waals surface area contributed by atoms with Crippen molar-refractivity contribution in [1.29, 1.82) is 0 Å². The highest BCUT2D eigenvalue weighted by atomic mass is 16.8. The molecule has 3 atom stereocenters. The maximum atomic E-state index is 11.1. The normalized spacial score (nSPS) is 33.5. The Morgan fingerprint density at radius 1 is 1.26 bits per heavy atom. The highest BCUT2D eigenvalue weighted by Crippen LogP contribution is 2.44. The monoisotopic (exact) mass is 327 g/mol. The van der Waals surface area contributed by atoms with Gasteiger partial charge in [-0.3, -0.25) is 0 Å². The van der Waals surface area contributed by atoms with Crippen LogP contribution >= 0.6 is 0 Å². The first-order chi connectivity index (χ1) is 10.9. The maximum absolute atomic E-state index is 11.1. The summed E-state index contributed by atoms with van der Waals surface area (Å²) in [6.07, 6.45) is 6.73. The standard InChI is InChI=1S/C17H29NO5/c1-17(2)18(23-16(20)21)13(10-11-6-4-3-5-7-11)15(22-17)14(19)12-8-9-12/h11-15,19H,3-10H2,1-2H3,(H,20,21)/t13-,14+,15+/m0/s1. The number of hydroxylamine groups is 2. The zero-order valence-electron chi connectivity index (χ0n) is 14.1. The molecule has 2 saturated carbocycles. The Hall–Kier alpha value is -0.850. The van der Waals surface area contributed by atoms with Crippen LogP contribution in [0.5, 0.6) is 0 Å². The molecule has 0 bridgehead atoms. The van der Waals surface area contributed by atoms with Crippen molar-refractivity contribution >= 4 is 6.16 Å². The summed E-state index contributed by atoms with van der Waals surface area (Å²) in [6.45, 7) is 3.62. The van der Waals surface area contributed by atoms with Gasteiger partial charge >= 0.3 is 6.16 Å². The van der Waals surface area contributed by atoms with Crippen molar-refractivity contribution in [2.75, 3.05) is 0 Å². The molecule has 1 aliphatic heterocycles. The lowest BCUT2D eigenvalue weighted by molar-refractivity contribution is -0.230. The molecule has 0 unspecified atom stereocenters. The lowest BCUT2D eigenvalue weighted by atomic mass is 9.83. The molecule has 0 radical (unpaired) electrons. The first kappa shape index (κ1) is 17.0. The predicted molar refractivity (Wildman–Crippen MR) is 83.6 cm³/mol. The Morgan fingerprint density at radius 2 is 1.91 bits per heavy atom. The van der Waals surface area contributed by atoms with E-state index in [0.29, 0.717) is 5.92 Å². The molecule has 6 heteroatoms. The summed E-state index contributed by atoms with van der Waals surface area (Å²) in [4.78, 5) is 16.2. The summed E-state index contributed by atoms with van der Waals surface area (Å²) in [5, 5.41) is 21.2. The number of hydrogen-bond donors (Lipinski definition) is 2. The second-order valence-corrected chi connectivity index (χ2v) is 7.85. The van der Waals surface area contributed by atoms with Crippen LogP contribution in [0.4, 0.5) is 4.79 Å². The predicted octanol–water partition coefficient (Wildman–Crippen LogP) is 3.14. The summed E-state index contributed by atoms with van der Waals surface area (Å²) in [5.74, 6) is 0.842. The topological polar surface area (TPSA) is 79.2 Å². The minimum Gasteiger partial charge on any atom is -0.448 e. The number of rotatable bonds is 5. The van der Waals surface area contributed by atoms with E-state index in [4.69, 9.17) is 14.7 Å². The van der Waals surface area contributed by atoms with Gasteiger partial charge in [0.2, 0.25) is 0 Å². The number of aliphatic hydroxyl groups is 1. The zero-order valence-corrected chi connectivity index (χ0v) is 14.1.